The van der Waals surface area contributed by atoms with Gasteiger partial charge < -0.3 is 11.1 Å². The van der Waals surface area contributed by atoms with E-state index in [1.165, 1.54) is 25.7 Å². The minimum atomic E-state index is 0.448. The van der Waals surface area contributed by atoms with Gasteiger partial charge in [-0.25, -0.2) is 4.98 Å². The summed E-state index contributed by atoms with van der Waals surface area (Å²) in [6, 6.07) is 4.45. The van der Waals surface area contributed by atoms with Crippen molar-refractivity contribution in [1.29, 1.82) is 0 Å². The summed E-state index contributed by atoms with van der Waals surface area (Å²) >= 11 is 6.03. The molecule has 0 spiro atoms. The lowest BCUT2D eigenvalue weighted by atomic mass is 9.86. The summed E-state index contributed by atoms with van der Waals surface area (Å²) in [6.07, 6.45) is 8.78. The van der Waals surface area contributed by atoms with Crippen molar-refractivity contribution < 1.29 is 0 Å². The highest BCUT2D eigenvalue weighted by Gasteiger charge is 2.17. The summed E-state index contributed by atoms with van der Waals surface area (Å²) in [6.45, 7) is 2.18. The zero-order valence-corrected chi connectivity index (χ0v) is 12.2. The minimum absolute atomic E-state index is 0.448. The van der Waals surface area contributed by atoms with Gasteiger partial charge in [-0.3, -0.25) is 0 Å². The second-order valence-electron chi connectivity index (χ2n) is 5.54. The van der Waals surface area contributed by atoms with Gasteiger partial charge in [0.1, 0.15) is 5.15 Å². The van der Waals surface area contributed by atoms with Crippen molar-refractivity contribution in [2.45, 2.75) is 44.6 Å². The standard InChI is InChI=1S/C15H24ClN3/c16-15-13(4-2-10-19-15)3-1-9-18-11-12-5-7-14(17)8-6-12/h2,4,10,12,14,18H,1,3,5-9,11,17H2. The quantitative estimate of drug-likeness (QED) is 0.623. The van der Waals surface area contributed by atoms with E-state index in [-0.39, 0.29) is 0 Å². The van der Waals surface area contributed by atoms with E-state index in [1.54, 1.807) is 6.20 Å². The monoisotopic (exact) mass is 281 g/mol. The Kier molecular flexibility index (Phi) is 6.08. The second-order valence-corrected chi connectivity index (χ2v) is 5.90. The van der Waals surface area contributed by atoms with Crippen molar-refractivity contribution in [3.05, 3.63) is 29.0 Å². The van der Waals surface area contributed by atoms with E-state index < -0.39 is 0 Å². The van der Waals surface area contributed by atoms with Crippen molar-refractivity contribution in [1.82, 2.24) is 10.3 Å². The third-order valence-corrected chi connectivity index (χ3v) is 4.30. The van der Waals surface area contributed by atoms with Gasteiger partial charge in [-0.15, -0.1) is 0 Å². The fourth-order valence-electron chi connectivity index (χ4n) is 2.71. The van der Waals surface area contributed by atoms with Crippen LogP contribution in [0.2, 0.25) is 5.15 Å². The molecule has 2 rings (SSSR count). The molecule has 0 unspecified atom stereocenters. The number of aromatic nitrogens is 1. The molecule has 1 fully saturated rings. The third-order valence-electron chi connectivity index (χ3n) is 3.96. The number of pyridine rings is 1. The first kappa shape index (κ1) is 14.8. The van der Waals surface area contributed by atoms with Crippen LogP contribution >= 0.6 is 11.6 Å². The maximum Gasteiger partial charge on any atom is 0.132 e. The van der Waals surface area contributed by atoms with Crippen LogP contribution in [0, 0.1) is 5.92 Å². The van der Waals surface area contributed by atoms with E-state index >= 15 is 0 Å². The highest BCUT2D eigenvalue weighted by molar-refractivity contribution is 6.30. The molecule has 3 N–H and O–H groups in total. The molecule has 0 amide bonds. The zero-order valence-electron chi connectivity index (χ0n) is 11.4. The lowest BCUT2D eigenvalue weighted by Crippen LogP contribution is -2.32. The number of hydrogen-bond donors (Lipinski definition) is 2. The molecule has 0 saturated heterocycles. The molecular formula is C15H24ClN3. The maximum atomic E-state index is 6.03. The normalized spacial score (nSPS) is 23.5. The van der Waals surface area contributed by atoms with Crippen LogP contribution in [-0.4, -0.2) is 24.1 Å². The van der Waals surface area contributed by atoms with Crippen molar-refractivity contribution >= 4 is 11.6 Å². The number of nitrogens with two attached hydrogens (primary N) is 1. The van der Waals surface area contributed by atoms with Crippen molar-refractivity contribution in [2.24, 2.45) is 11.7 Å². The molecule has 1 aliphatic rings. The van der Waals surface area contributed by atoms with Gasteiger partial charge in [0.2, 0.25) is 0 Å². The van der Waals surface area contributed by atoms with Gasteiger partial charge >= 0.3 is 0 Å². The molecule has 0 aliphatic heterocycles. The topological polar surface area (TPSA) is 50.9 Å². The van der Waals surface area contributed by atoms with Crippen LogP contribution in [-0.2, 0) is 6.42 Å². The number of halogens is 1. The molecule has 1 heterocycles. The van der Waals surface area contributed by atoms with Crippen molar-refractivity contribution in [3.63, 3.8) is 0 Å². The molecule has 0 aromatic carbocycles. The van der Waals surface area contributed by atoms with Crippen molar-refractivity contribution in [3.8, 4) is 0 Å². The first-order chi connectivity index (χ1) is 9.25. The maximum absolute atomic E-state index is 6.03. The van der Waals surface area contributed by atoms with Gasteiger partial charge in [0, 0.05) is 12.2 Å². The number of nitrogens with one attached hydrogen (secondary N) is 1. The Morgan fingerprint density at radius 3 is 2.84 bits per heavy atom. The SMILES string of the molecule is NC1CCC(CNCCCc2cccnc2Cl)CC1. The first-order valence-electron chi connectivity index (χ1n) is 7.31. The highest BCUT2D eigenvalue weighted by atomic mass is 35.5. The first-order valence-corrected chi connectivity index (χ1v) is 7.69. The molecule has 1 aromatic heterocycles. The Bertz CT molecular complexity index is 375. The van der Waals surface area contributed by atoms with Gasteiger partial charge in [0.05, 0.1) is 0 Å². The van der Waals surface area contributed by atoms with E-state index in [9.17, 15) is 0 Å². The Morgan fingerprint density at radius 1 is 1.32 bits per heavy atom. The van der Waals surface area contributed by atoms with E-state index in [2.05, 4.69) is 16.4 Å². The molecule has 0 atom stereocenters. The van der Waals surface area contributed by atoms with Gasteiger partial charge in [0.15, 0.2) is 0 Å². The molecule has 1 saturated carbocycles. The summed E-state index contributed by atoms with van der Waals surface area (Å²) in [7, 11) is 0. The average Bonchev–Trinajstić information content (AvgIpc) is 2.42. The molecule has 19 heavy (non-hydrogen) atoms. The molecule has 106 valence electrons. The number of nitrogens with zero attached hydrogens (tertiary/aromatic N) is 1. The lowest BCUT2D eigenvalue weighted by Gasteiger charge is -2.26. The summed E-state index contributed by atoms with van der Waals surface area (Å²) in [5, 5.41) is 4.20. The highest BCUT2D eigenvalue weighted by Crippen LogP contribution is 2.22. The van der Waals surface area contributed by atoms with E-state index in [4.69, 9.17) is 17.3 Å². The Labute approximate surface area is 120 Å². The van der Waals surface area contributed by atoms with Gasteiger partial charge in [-0.1, -0.05) is 17.7 Å². The molecule has 3 nitrogen and oxygen atoms in total. The molecule has 1 aliphatic carbocycles. The summed E-state index contributed by atoms with van der Waals surface area (Å²) < 4.78 is 0. The molecule has 0 radical (unpaired) electrons. The zero-order chi connectivity index (χ0) is 13.5. The fourth-order valence-corrected chi connectivity index (χ4v) is 2.92. The predicted octanol–water partition coefficient (Wildman–Crippen LogP) is 2.77. The van der Waals surface area contributed by atoms with E-state index in [0.29, 0.717) is 11.2 Å². The summed E-state index contributed by atoms with van der Waals surface area (Å²) in [5.74, 6) is 0.821. The Hall–Kier alpha value is -0.640. The number of rotatable bonds is 6. The van der Waals surface area contributed by atoms with Gasteiger partial charge in [-0.05, 0) is 69.2 Å². The average molecular weight is 282 g/mol. The predicted molar refractivity (Wildman–Crippen MR) is 80.4 cm³/mol. The minimum Gasteiger partial charge on any atom is -0.328 e. The molecule has 1 aromatic rings. The molecule has 0 bridgehead atoms. The number of aryl methyl sites for hydroxylation is 1. The summed E-state index contributed by atoms with van der Waals surface area (Å²) in [5.41, 5.74) is 7.06. The molecular weight excluding hydrogens is 258 g/mol. The van der Waals surface area contributed by atoms with E-state index in [1.807, 2.05) is 6.07 Å². The summed E-state index contributed by atoms with van der Waals surface area (Å²) in [4.78, 5) is 4.09. The van der Waals surface area contributed by atoms with Gasteiger partial charge in [0.25, 0.3) is 0 Å². The van der Waals surface area contributed by atoms with Crippen LogP contribution in [0.25, 0.3) is 0 Å². The Balaban J connectivity index is 1.56. The van der Waals surface area contributed by atoms with Crippen LogP contribution in [0.3, 0.4) is 0 Å². The van der Waals surface area contributed by atoms with Gasteiger partial charge in [-0.2, -0.15) is 0 Å². The third kappa shape index (κ3) is 5.09. The van der Waals surface area contributed by atoms with Crippen LogP contribution < -0.4 is 11.1 Å². The van der Waals surface area contributed by atoms with Crippen LogP contribution in [0.5, 0.6) is 0 Å². The molecule has 4 heteroatoms. The van der Waals surface area contributed by atoms with E-state index in [0.717, 1.165) is 37.4 Å². The lowest BCUT2D eigenvalue weighted by molar-refractivity contribution is 0.314. The smallest absolute Gasteiger partial charge is 0.132 e. The van der Waals surface area contributed by atoms with Crippen LogP contribution in [0.1, 0.15) is 37.7 Å². The second kappa shape index (κ2) is 7.83. The fraction of sp³-hybridized carbons (Fsp3) is 0.667. The van der Waals surface area contributed by atoms with Crippen LogP contribution in [0.15, 0.2) is 18.3 Å². The number of hydrogen-bond acceptors (Lipinski definition) is 3. The Morgan fingerprint density at radius 2 is 2.11 bits per heavy atom. The van der Waals surface area contributed by atoms with Crippen LogP contribution in [0.4, 0.5) is 0 Å². The van der Waals surface area contributed by atoms with Crippen molar-refractivity contribution in [2.75, 3.05) is 13.1 Å². The largest absolute Gasteiger partial charge is 0.328 e.